The molecule has 0 spiro atoms. The minimum atomic E-state index is -0.639. The van der Waals surface area contributed by atoms with Crippen molar-refractivity contribution < 1.29 is 14.6 Å². The first-order valence-corrected chi connectivity index (χ1v) is 12.3. The van der Waals surface area contributed by atoms with Crippen LogP contribution in [0.3, 0.4) is 0 Å². The number of hydrogen-bond donors (Lipinski definition) is 2. The van der Waals surface area contributed by atoms with Crippen LogP contribution < -0.4 is 20.1 Å². The second kappa shape index (κ2) is 10.5. The van der Waals surface area contributed by atoms with E-state index in [-0.39, 0.29) is 13.2 Å². The maximum atomic E-state index is 9.74. The van der Waals surface area contributed by atoms with Crippen molar-refractivity contribution in [1.82, 2.24) is 4.90 Å². The Labute approximate surface area is 202 Å². The normalized spacial score (nSPS) is 22.1. The molecular weight excluding hydrogens is 438 g/mol. The summed E-state index contributed by atoms with van der Waals surface area (Å²) in [5.41, 5.74) is 10.5. The minimum absolute atomic E-state index is 0.203. The molecule has 180 valence electrons. The van der Waals surface area contributed by atoms with Crippen LogP contribution in [-0.4, -0.2) is 62.0 Å². The molecule has 3 atom stereocenters. The van der Waals surface area contributed by atoms with E-state index in [4.69, 9.17) is 26.8 Å². The second-order valence-electron chi connectivity index (χ2n) is 9.21. The first-order chi connectivity index (χ1) is 15.9. The third-order valence-corrected chi connectivity index (χ3v) is 7.60. The third kappa shape index (κ3) is 5.09. The lowest BCUT2D eigenvalue weighted by atomic mass is 9.86. The molecule has 3 N–H and O–H groups in total. The highest BCUT2D eigenvalue weighted by Gasteiger charge is 2.36. The van der Waals surface area contributed by atoms with Gasteiger partial charge in [-0.3, -0.25) is 4.90 Å². The molecule has 4 rings (SSSR count). The number of nitrogens with two attached hydrogens (primary N) is 1. The Balaban J connectivity index is 1.50. The average Bonchev–Trinajstić information content (AvgIpc) is 2.84. The zero-order valence-corrected chi connectivity index (χ0v) is 20.6. The molecule has 0 aliphatic carbocycles. The summed E-state index contributed by atoms with van der Waals surface area (Å²) in [6.45, 7) is 7.74. The van der Waals surface area contributed by atoms with Gasteiger partial charge in [-0.25, -0.2) is 0 Å². The van der Waals surface area contributed by atoms with Crippen molar-refractivity contribution in [2.45, 2.75) is 51.3 Å². The molecule has 0 unspecified atom stereocenters. The predicted octanol–water partition coefficient (Wildman–Crippen LogP) is 4.08. The lowest BCUT2D eigenvalue weighted by Gasteiger charge is -2.49. The Kier molecular flexibility index (Phi) is 7.69. The van der Waals surface area contributed by atoms with Gasteiger partial charge >= 0.3 is 0 Å². The molecule has 2 heterocycles. The largest absolute Gasteiger partial charge is 0.495 e. The average molecular weight is 474 g/mol. The van der Waals surface area contributed by atoms with Crippen molar-refractivity contribution in [3.05, 3.63) is 52.0 Å². The minimum Gasteiger partial charge on any atom is -0.495 e. The number of methoxy groups -OCH3 is 1. The van der Waals surface area contributed by atoms with Crippen LogP contribution >= 0.6 is 11.6 Å². The number of piperazine rings is 1. The molecule has 2 aromatic rings. The molecule has 7 heteroatoms. The fourth-order valence-corrected chi connectivity index (χ4v) is 5.45. The Morgan fingerprint density at radius 2 is 1.94 bits per heavy atom. The number of anilines is 1. The number of rotatable bonds is 7. The number of aliphatic hydroxyl groups is 1. The number of benzene rings is 2. The van der Waals surface area contributed by atoms with E-state index in [1.807, 2.05) is 12.1 Å². The maximum absolute atomic E-state index is 9.74. The third-order valence-electron chi connectivity index (χ3n) is 7.29. The van der Waals surface area contributed by atoms with E-state index in [0.717, 1.165) is 36.7 Å². The van der Waals surface area contributed by atoms with Gasteiger partial charge in [0.15, 0.2) is 0 Å². The molecule has 0 radical (unpaired) electrons. The molecule has 33 heavy (non-hydrogen) atoms. The summed E-state index contributed by atoms with van der Waals surface area (Å²) in [6.07, 6.45) is 2.98. The van der Waals surface area contributed by atoms with Crippen molar-refractivity contribution in [2.24, 2.45) is 5.73 Å². The van der Waals surface area contributed by atoms with Crippen LogP contribution in [0.1, 0.15) is 42.0 Å². The maximum Gasteiger partial charge on any atom is 0.139 e. The summed E-state index contributed by atoms with van der Waals surface area (Å²) in [4.78, 5) is 5.16. The van der Waals surface area contributed by atoms with E-state index >= 15 is 0 Å². The van der Waals surface area contributed by atoms with Gasteiger partial charge in [0.1, 0.15) is 24.2 Å². The SMILES string of the molecule is COc1cc(N2CCN3[C@@H](CCC[C@@H]3c3ccc(OC[C@H](O)CN)c(C)c3C)C2)ccc1Cl. The van der Waals surface area contributed by atoms with Crippen molar-refractivity contribution in [3.8, 4) is 11.5 Å². The Hall–Kier alpha value is -1.99. The topological polar surface area (TPSA) is 71.2 Å². The van der Waals surface area contributed by atoms with E-state index in [9.17, 15) is 5.11 Å². The lowest BCUT2D eigenvalue weighted by molar-refractivity contribution is 0.0712. The lowest BCUT2D eigenvalue weighted by Crippen LogP contribution is -2.56. The molecule has 0 bridgehead atoms. The van der Waals surface area contributed by atoms with Gasteiger partial charge in [0.05, 0.1) is 12.1 Å². The highest BCUT2D eigenvalue weighted by Crippen LogP contribution is 2.40. The fraction of sp³-hybridized carbons (Fsp3) is 0.538. The van der Waals surface area contributed by atoms with E-state index in [1.165, 1.54) is 36.1 Å². The summed E-state index contributed by atoms with van der Waals surface area (Å²) in [5, 5.41) is 10.4. The monoisotopic (exact) mass is 473 g/mol. The van der Waals surface area contributed by atoms with Crippen molar-refractivity contribution in [1.29, 1.82) is 0 Å². The number of piperidine rings is 1. The standard InChI is InChI=1S/C26H36ClN3O3/c1-17-18(2)25(33-16-21(31)14-28)10-8-22(17)24-6-4-5-20-15-29(11-12-30(20)24)19-7-9-23(27)26(13-19)32-3/h7-10,13,20-21,24,31H,4-6,11-12,14-16,28H2,1-3H3/t20-,21+,24+/m0/s1. The van der Waals surface area contributed by atoms with Crippen LogP contribution in [0, 0.1) is 13.8 Å². The summed E-state index contributed by atoms with van der Waals surface area (Å²) in [5.74, 6) is 1.56. The highest BCUT2D eigenvalue weighted by atomic mass is 35.5. The van der Waals surface area contributed by atoms with Gasteiger partial charge in [-0.15, -0.1) is 0 Å². The van der Waals surface area contributed by atoms with Crippen molar-refractivity contribution in [3.63, 3.8) is 0 Å². The van der Waals surface area contributed by atoms with E-state index in [0.29, 0.717) is 17.1 Å². The van der Waals surface area contributed by atoms with Gasteiger partial charge in [0.2, 0.25) is 0 Å². The highest BCUT2D eigenvalue weighted by molar-refractivity contribution is 6.32. The molecule has 2 saturated heterocycles. The smallest absolute Gasteiger partial charge is 0.139 e. The number of ether oxygens (including phenoxy) is 2. The van der Waals surface area contributed by atoms with Gasteiger partial charge in [0, 0.05) is 50.0 Å². The zero-order chi connectivity index (χ0) is 23.5. The van der Waals surface area contributed by atoms with Crippen LogP contribution in [0.4, 0.5) is 5.69 Å². The first kappa shape index (κ1) is 24.1. The van der Waals surface area contributed by atoms with Gasteiger partial charge in [-0.1, -0.05) is 17.7 Å². The molecule has 2 aromatic carbocycles. The van der Waals surface area contributed by atoms with Crippen LogP contribution in [0.15, 0.2) is 30.3 Å². The molecule has 6 nitrogen and oxygen atoms in total. The number of aliphatic hydroxyl groups excluding tert-OH is 1. The van der Waals surface area contributed by atoms with Gasteiger partial charge < -0.3 is 25.2 Å². The summed E-state index contributed by atoms with van der Waals surface area (Å²) in [7, 11) is 1.66. The van der Waals surface area contributed by atoms with E-state index in [1.54, 1.807) is 7.11 Å². The van der Waals surface area contributed by atoms with Crippen molar-refractivity contribution >= 4 is 17.3 Å². The summed E-state index contributed by atoms with van der Waals surface area (Å²) in [6, 6.07) is 11.3. The molecule has 0 aromatic heterocycles. The van der Waals surface area contributed by atoms with Gasteiger partial charge in [0.25, 0.3) is 0 Å². The molecular formula is C26H36ClN3O3. The summed E-state index contributed by atoms with van der Waals surface area (Å²) < 4.78 is 11.3. The molecule has 2 fully saturated rings. The number of halogens is 1. The predicted molar refractivity (Wildman–Crippen MR) is 134 cm³/mol. The Bertz CT molecular complexity index is 970. The second-order valence-corrected chi connectivity index (χ2v) is 9.61. The zero-order valence-electron chi connectivity index (χ0n) is 19.9. The van der Waals surface area contributed by atoms with E-state index < -0.39 is 6.10 Å². The fourth-order valence-electron chi connectivity index (χ4n) is 5.25. The van der Waals surface area contributed by atoms with Crippen LogP contribution in [0.5, 0.6) is 11.5 Å². The number of fused-ring (bicyclic) bond motifs is 1. The first-order valence-electron chi connectivity index (χ1n) is 11.9. The molecule has 2 aliphatic rings. The van der Waals surface area contributed by atoms with Gasteiger partial charge in [-0.2, -0.15) is 0 Å². The van der Waals surface area contributed by atoms with Crippen molar-refractivity contribution in [2.75, 3.05) is 44.8 Å². The number of hydrogen-bond acceptors (Lipinski definition) is 6. The molecule has 0 saturated carbocycles. The quantitative estimate of drug-likeness (QED) is 0.631. The Morgan fingerprint density at radius 3 is 2.70 bits per heavy atom. The molecule has 0 amide bonds. The van der Waals surface area contributed by atoms with Crippen LogP contribution in [-0.2, 0) is 0 Å². The van der Waals surface area contributed by atoms with Crippen LogP contribution in [0.2, 0.25) is 5.02 Å². The number of nitrogens with zero attached hydrogens (tertiary/aromatic N) is 2. The Morgan fingerprint density at radius 1 is 1.12 bits per heavy atom. The summed E-state index contributed by atoms with van der Waals surface area (Å²) >= 11 is 6.24. The van der Waals surface area contributed by atoms with E-state index in [2.05, 4.69) is 41.8 Å². The van der Waals surface area contributed by atoms with Crippen LogP contribution in [0.25, 0.3) is 0 Å². The van der Waals surface area contributed by atoms with Gasteiger partial charge in [-0.05, 0) is 68.0 Å². The molecule has 2 aliphatic heterocycles.